The minimum Gasteiger partial charge on any atom is -0.368 e. The first kappa shape index (κ1) is 14.5. The molecule has 1 aromatic heterocycles. The normalized spacial score (nSPS) is 13.8. The summed E-state index contributed by atoms with van der Waals surface area (Å²) >= 11 is 0. The maximum absolute atomic E-state index is 12.6. The van der Waals surface area contributed by atoms with Crippen LogP contribution in [0.1, 0.15) is 26.5 Å². The molecule has 1 atom stereocenters. The Hall–Kier alpha value is -1.53. The van der Waals surface area contributed by atoms with Gasteiger partial charge in [-0.3, -0.25) is 0 Å². The molecule has 0 radical (unpaired) electrons. The van der Waals surface area contributed by atoms with Crippen LogP contribution in [-0.4, -0.2) is 23.1 Å². The van der Waals surface area contributed by atoms with E-state index < -0.39 is 11.9 Å². The quantitative estimate of drug-likeness (QED) is 0.909. The number of nitrogens with two attached hydrogens (primary N) is 1. The zero-order chi connectivity index (χ0) is 14.1. The van der Waals surface area contributed by atoms with Crippen molar-refractivity contribution in [3.8, 4) is 0 Å². The van der Waals surface area contributed by atoms with E-state index in [2.05, 4.69) is 9.97 Å². The van der Waals surface area contributed by atoms with E-state index in [0.29, 0.717) is 0 Å². The van der Waals surface area contributed by atoms with Gasteiger partial charge in [0.25, 0.3) is 0 Å². The van der Waals surface area contributed by atoms with Crippen molar-refractivity contribution in [3.63, 3.8) is 0 Å². The SMILES string of the molecule is CC(C)C(C)N(C)c1cc(C(F)(F)F)nc(N)n1. The monoisotopic (exact) mass is 262 g/mol. The van der Waals surface area contributed by atoms with Crippen LogP contribution in [0.2, 0.25) is 0 Å². The van der Waals surface area contributed by atoms with Crippen molar-refractivity contribution >= 4 is 11.8 Å². The molecule has 0 aliphatic carbocycles. The molecule has 0 saturated heterocycles. The minimum absolute atomic E-state index is 0.0420. The Balaban J connectivity index is 3.14. The summed E-state index contributed by atoms with van der Waals surface area (Å²) in [6, 6.07) is 0.954. The minimum atomic E-state index is -4.52. The Kier molecular flexibility index (Phi) is 4.03. The molecule has 1 heterocycles. The van der Waals surface area contributed by atoms with Gasteiger partial charge in [-0.2, -0.15) is 18.2 Å². The molecule has 1 aromatic rings. The number of rotatable bonds is 3. The zero-order valence-electron chi connectivity index (χ0n) is 10.8. The van der Waals surface area contributed by atoms with Crippen LogP contribution in [0.3, 0.4) is 0 Å². The highest BCUT2D eigenvalue weighted by Crippen LogP contribution is 2.30. The third-order valence-electron chi connectivity index (χ3n) is 2.96. The molecule has 0 spiro atoms. The van der Waals surface area contributed by atoms with E-state index in [1.165, 1.54) is 0 Å². The van der Waals surface area contributed by atoms with Crippen molar-refractivity contribution in [2.45, 2.75) is 33.0 Å². The second kappa shape index (κ2) is 4.99. The second-order valence-electron chi connectivity index (χ2n) is 4.56. The largest absolute Gasteiger partial charge is 0.433 e. The molecular formula is C11H17F3N4. The maximum Gasteiger partial charge on any atom is 0.433 e. The fourth-order valence-corrected chi connectivity index (χ4v) is 1.43. The van der Waals surface area contributed by atoms with Gasteiger partial charge in [-0.1, -0.05) is 13.8 Å². The first-order chi connectivity index (χ1) is 8.12. The molecule has 0 fully saturated rings. The molecule has 18 heavy (non-hydrogen) atoms. The van der Waals surface area contributed by atoms with Crippen molar-refractivity contribution < 1.29 is 13.2 Å². The van der Waals surface area contributed by atoms with Crippen LogP contribution in [0.15, 0.2) is 6.07 Å². The number of alkyl halides is 3. The first-order valence-electron chi connectivity index (χ1n) is 5.57. The molecule has 102 valence electrons. The molecule has 1 unspecified atom stereocenters. The van der Waals surface area contributed by atoms with Gasteiger partial charge < -0.3 is 10.6 Å². The van der Waals surface area contributed by atoms with E-state index in [9.17, 15) is 13.2 Å². The van der Waals surface area contributed by atoms with Gasteiger partial charge in [-0.25, -0.2) is 4.98 Å². The van der Waals surface area contributed by atoms with E-state index >= 15 is 0 Å². The third-order valence-corrected chi connectivity index (χ3v) is 2.96. The number of nitrogen functional groups attached to an aromatic ring is 1. The van der Waals surface area contributed by atoms with Crippen LogP contribution in [-0.2, 0) is 6.18 Å². The number of hydrogen-bond donors (Lipinski definition) is 1. The number of nitrogens with zero attached hydrogens (tertiary/aromatic N) is 3. The lowest BCUT2D eigenvalue weighted by atomic mass is 10.1. The Morgan fingerprint density at radius 2 is 1.78 bits per heavy atom. The van der Waals surface area contributed by atoms with Crippen molar-refractivity contribution in [2.75, 3.05) is 17.7 Å². The van der Waals surface area contributed by atoms with Gasteiger partial charge in [0.1, 0.15) is 5.82 Å². The molecule has 0 saturated carbocycles. The van der Waals surface area contributed by atoms with Crippen LogP contribution >= 0.6 is 0 Å². The summed E-state index contributed by atoms with van der Waals surface area (Å²) in [4.78, 5) is 8.71. The summed E-state index contributed by atoms with van der Waals surface area (Å²) in [6.45, 7) is 5.88. The van der Waals surface area contributed by atoms with E-state index in [-0.39, 0.29) is 23.7 Å². The lowest BCUT2D eigenvalue weighted by Crippen LogP contribution is -2.34. The molecule has 0 aliphatic heterocycles. The number of anilines is 2. The Labute approximate surface area is 104 Å². The van der Waals surface area contributed by atoms with Gasteiger partial charge in [-0.15, -0.1) is 0 Å². The van der Waals surface area contributed by atoms with Crippen molar-refractivity contribution in [1.29, 1.82) is 0 Å². The van der Waals surface area contributed by atoms with Gasteiger partial charge >= 0.3 is 6.18 Å². The highest BCUT2D eigenvalue weighted by Gasteiger charge is 2.34. The van der Waals surface area contributed by atoms with Crippen LogP contribution in [0, 0.1) is 5.92 Å². The predicted octanol–water partition coefficient (Wildman–Crippen LogP) is 2.56. The number of hydrogen-bond acceptors (Lipinski definition) is 4. The average Bonchev–Trinajstić information content (AvgIpc) is 2.24. The molecule has 1 rings (SSSR count). The fourth-order valence-electron chi connectivity index (χ4n) is 1.43. The Morgan fingerprint density at radius 3 is 2.22 bits per heavy atom. The standard InChI is InChI=1S/C11H17F3N4/c1-6(2)7(3)18(4)9-5-8(11(12,13)14)16-10(15)17-9/h5-7H,1-4H3,(H2,15,16,17). The van der Waals surface area contributed by atoms with Gasteiger partial charge in [0.05, 0.1) is 0 Å². The van der Waals surface area contributed by atoms with Crippen molar-refractivity contribution in [3.05, 3.63) is 11.8 Å². The molecule has 0 bridgehead atoms. The zero-order valence-corrected chi connectivity index (χ0v) is 10.8. The first-order valence-corrected chi connectivity index (χ1v) is 5.57. The van der Waals surface area contributed by atoms with Crippen LogP contribution in [0.4, 0.5) is 24.9 Å². The van der Waals surface area contributed by atoms with E-state index in [1.807, 2.05) is 20.8 Å². The highest BCUT2D eigenvalue weighted by atomic mass is 19.4. The van der Waals surface area contributed by atoms with Crippen LogP contribution < -0.4 is 10.6 Å². The Bertz CT molecular complexity index is 417. The van der Waals surface area contributed by atoms with Crippen LogP contribution in [0.5, 0.6) is 0 Å². The lowest BCUT2D eigenvalue weighted by molar-refractivity contribution is -0.141. The molecule has 7 heteroatoms. The molecule has 0 aliphatic rings. The molecule has 4 nitrogen and oxygen atoms in total. The summed E-state index contributed by atoms with van der Waals surface area (Å²) < 4.78 is 37.8. The molecule has 0 aromatic carbocycles. The number of halogens is 3. The van der Waals surface area contributed by atoms with Gasteiger partial charge in [0, 0.05) is 19.2 Å². The fraction of sp³-hybridized carbons (Fsp3) is 0.636. The van der Waals surface area contributed by atoms with Gasteiger partial charge in [0.15, 0.2) is 5.69 Å². The van der Waals surface area contributed by atoms with E-state index in [4.69, 9.17) is 5.73 Å². The average molecular weight is 262 g/mol. The molecule has 2 N–H and O–H groups in total. The summed E-state index contributed by atoms with van der Waals surface area (Å²) in [5.41, 5.74) is 4.30. The highest BCUT2D eigenvalue weighted by molar-refractivity contribution is 5.44. The summed E-state index contributed by atoms with van der Waals surface area (Å²) in [5.74, 6) is 0.0826. The summed E-state index contributed by atoms with van der Waals surface area (Å²) in [6.07, 6.45) is -4.52. The van der Waals surface area contributed by atoms with Gasteiger partial charge in [0.2, 0.25) is 5.95 Å². The summed E-state index contributed by atoms with van der Waals surface area (Å²) in [7, 11) is 1.69. The van der Waals surface area contributed by atoms with E-state index in [1.54, 1.807) is 11.9 Å². The lowest BCUT2D eigenvalue weighted by Gasteiger charge is -2.29. The van der Waals surface area contributed by atoms with Crippen molar-refractivity contribution in [2.24, 2.45) is 5.92 Å². The summed E-state index contributed by atoms with van der Waals surface area (Å²) in [5, 5.41) is 0. The maximum atomic E-state index is 12.6. The van der Waals surface area contributed by atoms with Crippen LogP contribution in [0.25, 0.3) is 0 Å². The predicted molar refractivity (Wildman–Crippen MR) is 64.1 cm³/mol. The smallest absolute Gasteiger partial charge is 0.368 e. The number of aromatic nitrogens is 2. The van der Waals surface area contributed by atoms with Gasteiger partial charge in [-0.05, 0) is 12.8 Å². The topological polar surface area (TPSA) is 55.0 Å². The second-order valence-corrected chi connectivity index (χ2v) is 4.56. The molecule has 0 amide bonds. The third kappa shape index (κ3) is 3.24. The van der Waals surface area contributed by atoms with Crippen molar-refractivity contribution in [1.82, 2.24) is 9.97 Å². The molecular weight excluding hydrogens is 245 g/mol. The van der Waals surface area contributed by atoms with E-state index in [0.717, 1.165) is 6.07 Å². The Morgan fingerprint density at radius 1 is 1.22 bits per heavy atom.